The van der Waals surface area contributed by atoms with Gasteiger partial charge in [0.05, 0.1) is 34.5 Å². The van der Waals surface area contributed by atoms with E-state index in [1.165, 1.54) is 11.3 Å². The summed E-state index contributed by atoms with van der Waals surface area (Å²) in [4.78, 5) is 17.4. The maximum atomic E-state index is 12.5. The van der Waals surface area contributed by atoms with Crippen molar-refractivity contribution in [3.8, 4) is 5.75 Å². The lowest BCUT2D eigenvalue weighted by Gasteiger charge is -2.05. The Bertz CT molecular complexity index is 978. The van der Waals surface area contributed by atoms with E-state index in [1.807, 2.05) is 22.8 Å². The van der Waals surface area contributed by atoms with Crippen molar-refractivity contribution < 1.29 is 14.3 Å². The van der Waals surface area contributed by atoms with Crippen LogP contribution in [0, 0.1) is 0 Å². The Morgan fingerprint density at radius 3 is 2.76 bits per heavy atom. The Labute approximate surface area is 154 Å². The molecule has 25 heavy (non-hydrogen) atoms. The summed E-state index contributed by atoms with van der Waals surface area (Å²) in [6.07, 6.45) is 0. The molecule has 0 saturated heterocycles. The van der Waals surface area contributed by atoms with Crippen LogP contribution in [0.15, 0.2) is 47.5 Å². The quantitative estimate of drug-likeness (QED) is 0.681. The molecule has 3 aromatic rings. The molecule has 0 N–H and O–H groups in total. The van der Waals surface area contributed by atoms with E-state index in [4.69, 9.17) is 21.1 Å². The highest BCUT2D eigenvalue weighted by atomic mass is 35.5. The zero-order valence-corrected chi connectivity index (χ0v) is 15.4. The van der Waals surface area contributed by atoms with Gasteiger partial charge in [0.25, 0.3) is 5.91 Å². The number of benzene rings is 2. The number of rotatable bonds is 5. The molecule has 0 spiro atoms. The second-order valence-corrected chi connectivity index (χ2v) is 6.68. The van der Waals surface area contributed by atoms with Gasteiger partial charge in [0.2, 0.25) is 0 Å². The van der Waals surface area contributed by atoms with Gasteiger partial charge in [-0.25, -0.2) is 0 Å². The summed E-state index contributed by atoms with van der Waals surface area (Å²) in [5.41, 5.74) is 1.37. The smallest absolute Gasteiger partial charge is 0.281 e. The van der Waals surface area contributed by atoms with Gasteiger partial charge in [0.15, 0.2) is 4.80 Å². The largest absolute Gasteiger partial charge is 0.497 e. The molecular weight excluding hydrogens is 360 g/mol. The van der Waals surface area contributed by atoms with Crippen molar-refractivity contribution in [2.75, 3.05) is 20.8 Å². The first-order valence-corrected chi connectivity index (χ1v) is 8.83. The maximum Gasteiger partial charge on any atom is 0.281 e. The van der Waals surface area contributed by atoms with Crippen molar-refractivity contribution in [1.29, 1.82) is 0 Å². The minimum atomic E-state index is -0.365. The van der Waals surface area contributed by atoms with E-state index in [0.29, 0.717) is 28.5 Å². The first-order chi connectivity index (χ1) is 12.1. The topological polar surface area (TPSA) is 52.8 Å². The molecule has 0 radical (unpaired) electrons. The Morgan fingerprint density at radius 2 is 2.04 bits per heavy atom. The molecule has 0 saturated carbocycles. The summed E-state index contributed by atoms with van der Waals surface area (Å²) in [5.74, 6) is 0.395. The SMILES string of the molecule is COCCn1c(=NC(=O)c2ccccc2Cl)sc2cc(OC)ccc21. The summed E-state index contributed by atoms with van der Waals surface area (Å²) in [6.45, 7) is 1.11. The standard InChI is InChI=1S/C18H17ClN2O3S/c1-23-10-9-21-15-8-7-12(24-2)11-16(15)25-18(21)20-17(22)13-5-3-4-6-14(13)19/h3-8,11H,9-10H2,1-2H3. The third kappa shape index (κ3) is 3.76. The first-order valence-electron chi connectivity index (χ1n) is 7.64. The molecular formula is C18H17ClN2O3S. The van der Waals surface area contributed by atoms with Gasteiger partial charge in [0.1, 0.15) is 5.75 Å². The third-order valence-corrected chi connectivity index (χ3v) is 5.08. The fourth-order valence-corrected chi connectivity index (χ4v) is 3.75. The van der Waals surface area contributed by atoms with Crippen LogP contribution in [0.25, 0.3) is 10.2 Å². The highest BCUT2D eigenvalue weighted by Crippen LogP contribution is 2.23. The van der Waals surface area contributed by atoms with Crippen LogP contribution in [0.1, 0.15) is 10.4 Å². The van der Waals surface area contributed by atoms with E-state index in [0.717, 1.165) is 16.0 Å². The van der Waals surface area contributed by atoms with Gasteiger partial charge in [-0.3, -0.25) is 4.79 Å². The van der Waals surface area contributed by atoms with Crippen molar-refractivity contribution in [3.05, 3.63) is 57.9 Å². The van der Waals surface area contributed by atoms with Gasteiger partial charge in [0, 0.05) is 13.7 Å². The summed E-state index contributed by atoms with van der Waals surface area (Å²) in [5, 5.41) is 0.391. The predicted molar refractivity (Wildman–Crippen MR) is 99.6 cm³/mol. The number of carbonyl (C=O) groups is 1. The van der Waals surface area contributed by atoms with E-state index in [1.54, 1.807) is 38.5 Å². The molecule has 0 atom stereocenters. The summed E-state index contributed by atoms with van der Waals surface area (Å²) in [7, 11) is 3.27. The molecule has 3 rings (SSSR count). The molecule has 0 aliphatic carbocycles. The van der Waals surface area contributed by atoms with Crippen LogP contribution in [0.3, 0.4) is 0 Å². The van der Waals surface area contributed by atoms with Gasteiger partial charge in [-0.15, -0.1) is 0 Å². The first kappa shape index (κ1) is 17.7. The maximum absolute atomic E-state index is 12.5. The van der Waals surface area contributed by atoms with Crippen LogP contribution in [0.4, 0.5) is 0 Å². The van der Waals surface area contributed by atoms with Gasteiger partial charge in [-0.2, -0.15) is 4.99 Å². The summed E-state index contributed by atoms with van der Waals surface area (Å²) in [6, 6.07) is 12.7. The third-order valence-electron chi connectivity index (χ3n) is 3.71. The number of hydrogen-bond acceptors (Lipinski definition) is 4. The lowest BCUT2D eigenvalue weighted by molar-refractivity contribution is 0.0997. The molecule has 0 aliphatic heterocycles. The van der Waals surface area contributed by atoms with Crippen LogP contribution in [0.5, 0.6) is 5.75 Å². The highest BCUT2D eigenvalue weighted by Gasteiger charge is 2.12. The fourth-order valence-electron chi connectivity index (χ4n) is 2.45. The lowest BCUT2D eigenvalue weighted by atomic mass is 10.2. The zero-order valence-electron chi connectivity index (χ0n) is 13.9. The highest BCUT2D eigenvalue weighted by molar-refractivity contribution is 7.16. The van der Waals surface area contributed by atoms with E-state index in [9.17, 15) is 4.79 Å². The average molecular weight is 377 g/mol. The van der Waals surface area contributed by atoms with Gasteiger partial charge in [-0.1, -0.05) is 35.1 Å². The van der Waals surface area contributed by atoms with Gasteiger partial charge < -0.3 is 14.0 Å². The number of fused-ring (bicyclic) bond motifs is 1. The number of ether oxygens (including phenoxy) is 2. The number of hydrogen-bond donors (Lipinski definition) is 0. The number of amides is 1. The van der Waals surface area contributed by atoms with E-state index in [-0.39, 0.29) is 5.91 Å². The molecule has 1 amide bonds. The minimum Gasteiger partial charge on any atom is -0.497 e. The second kappa shape index (κ2) is 7.82. The number of aromatic nitrogens is 1. The number of thiazole rings is 1. The Hall–Kier alpha value is -2.15. The minimum absolute atomic E-state index is 0.365. The molecule has 0 unspecified atom stereocenters. The Balaban J connectivity index is 2.13. The van der Waals surface area contributed by atoms with E-state index >= 15 is 0 Å². The molecule has 5 nitrogen and oxygen atoms in total. The van der Waals surface area contributed by atoms with Crippen molar-refractivity contribution in [2.45, 2.75) is 6.54 Å². The second-order valence-electron chi connectivity index (χ2n) is 5.26. The van der Waals surface area contributed by atoms with Crippen molar-refractivity contribution in [1.82, 2.24) is 4.57 Å². The van der Waals surface area contributed by atoms with Crippen molar-refractivity contribution >= 4 is 39.1 Å². The van der Waals surface area contributed by atoms with E-state index in [2.05, 4.69) is 4.99 Å². The number of halogens is 1. The van der Waals surface area contributed by atoms with Crippen LogP contribution < -0.4 is 9.54 Å². The summed E-state index contributed by atoms with van der Waals surface area (Å²) >= 11 is 7.54. The predicted octanol–water partition coefficient (Wildman–Crippen LogP) is 3.75. The van der Waals surface area contributed by atoms with Gasteiger partial charge in [-0.05, 0) is 30.3 Å². The Kier molecular flexibility index (Phi) is 5.53. The monoisotopic (exact) mass is 376 g/mol. The van der Waals surface area contributed by atoms with Crippen LogP contribution >= 0.6 is 22.9 Å². The molecule has 0 aliphatic rings. The van der Waals surface area contributed by atoms with Gasteiger partial charge >= 0.3 is 0 Å². The van der Waals surface area contributed by atoms with Crippen molar-refractivity contribution in [3.63, 3.8) is 0 Å². The molecule has 7 heteroatoms. The molecule has 130 valence electrons. The molecule has 0 bridgehead atoms. The molecule has 2 aromatic carbocycles. The van der Waals surface area contributed by atoms with Crippen LogP contribution in [0.2, 0.25) is 5.02 Å². The fraction of sp³-hybridized carbons (Fsp3) is 0.222. The molecule has 1 aromatic heterocycles. The number of methoxy groups -OCH3 is 2. The zero-order chi connectivity index (χ0) is 17.8. The normalized spacial score (nSPS) is 11.9. The molecule has 0 fully saturated rings. The molecule has 1 heterocycles. The average Bonchev–Trinajstić information content (AvgIpc) is 2.96. The number of carbonyl (C=O) groups excluding carboxylic acids is 1. The number of nitrogens with zero attached hydrogens (tertiary/aromatic N) is 2. The van der Waals surface area contributed by atoms with Crippen LogP contribution in [-0.2, 0) is 11.3 Å². The lowest BCUT2D eigenvalue weighted by Crippen LogP contribution is -2.19. The summed E-state index contributed by atoms with van der Waals surface area (Å²) < 4.78 is 13.4. The van der Waals surface area contributed by atoms with E-state index < -0.39 is 0 Å². The Morgan fingerprint density at radius 1 is 1.24 bits per heavy atom. The van der Waals surface area contributed by atoms with Crippen molar-refractivity contribution in [2.24, 2.45) is 4.99 Å². The van der Waals surface area contributed by atoms with Crippen LogP contribution in [-0.4, -0.2) is 31.3 Å².